The van der Waals surface area contributed by atoms with Gasteiger partial charge in [0.1, 0.15) is 6.04 Å². The van der Waals surface area contributed by atoms with Gasteiger partial charge in [-0.1, -0.05) is 18.2 Å². The van der Waals surface area contributed by atoms with E-state index in [4.69, 9.17) is 4.74 Å². The van der Waals surface area contributed by atoms with Crippen molar-refractivity contribution in [2.75, 3.05) is 18.1 Å². The monoisotopic (exact) mass is 446 g/mol. The highest BCUT2D eigenvalue weighted by Crippen LogP contribution is 2.19. The maximum Gasteiger partial charge on any atom is 0.324 e. The average Bonchev–Trinajstić information content (AvgIpc) is 3.02. The molecule has 0 radical (unpaired) electrons. The Morgan fingerprint density at radius 2 is 1.86 bits per heavy atom. The van der Waals surface area contributed by atoms with Crippen LogP contribution in [0.2, 0.25) is 0 Å². The number of hydrogen-bond acceptors (Lipinski definition) is 7. The summed E-state index contributed by atoms with van der Waals surface area (Å²) in [6.45, 7) is 4.69. The second kappa shape index (κ2) is 9.23. The van der Waals surface area contributed by atoms with Crippen molar-refractivity contribution in [3.05, 3.63) is 30.3 Å². The molecule has 2 unspecified atom stereocenters. The Morgan fingerprint density at radius 3 is 2.38 bits per heavy atom. The van der Waals surface area contributed by atoms with Crippen molar-refractivity contribution in [1.82, 2.24) is 9.62 Å². The van der Waals surface area contributed by atoms with Crippen LogP contribution in [0.1, 0.15) is 27.2 Å². The van der Waals surface area contributed by atoms with Crippen LogP contribution in [0.5, 0.6) is 0 Å². The van der Waals surface area contributed by atoms with Crippen LogP contribution in [0.4, 0.5) is 0 Å². The Hall–Kier alpha value is -1.98. The number of ether oxygens (including phenoxy) is 1. The minimum absolute atomic E-state index is 0.00313. The number of amides is 1. The molecule has 29 heavy (non-hydrogen) atoms. The van der Waals surface area contributed by atoms with E-state index in [-0.39, 0.29) is 22.9 Å². The summed E-state index contributed by atoms with van der Waals surface area (Å²) in [5.74, 6) is -1.50. The second-order valence-electron chi connectivity index (χ2n) is 6.92. The first kappa shape index (κ1) is 23.3. The van der Waals surface area contributed by atoms with E-state index >= 15 is 0 Å². The Kier molecular flexibility index (Phi) is 7.41. The van der Waals surface area contributed by atoms with Crippen molar-refractivity contribution in [3.63, 3.8) is 0 Å². The van der Waals surface area contributed by atoms with E-state index in [1.54, 1.807) is 25.1 Å². The summed E-state index contributed by atoms with van der Waals surface area (Å²) in [5, 5.41) is 0. The zero-order valence-corrected chi connectivity index (χ0v) is 18.2. The Bertz CT molecular complexity index is 946. The molecule has 0 saturated carbocycles. The van der Waals surface area contributed by atoms with E-state index in [0.717, 1.165) is 0 Å². The zero-order chi connectivity index (χ0) is 21.8. The minimum atomic E-state index is -3.92. The van der Waals surface area contributed by atoms with Crippen molar-refractivity contribution in [3.8, 4) is 0 Å². The maximum absolute atomic E-state index is 12.7. The maximum atomic E-state index is 12.7. The third-order valence-corrected chi connectivity index (χ3v) is 7.96. The first-order valence-electron chi connectivity index (χ1n) is 9.25. The molecule has 11 heteroatoms. The number of rotatable bonds is 8. The van der Waals surface area contributed by atoms with Gasteiger partial charge in [0.15, 0.2) is 15.9 Å². The Labute approximate surface area is 171 Å². The summed E-state index contributed by atoms with van der Waals surface area (Å²) in [4.78, 5) is 26.3. The molecule has 0 aliphatic carbocycles. The molecule has 1 fully saturated rings. The van der Waals surface area contributed by atoms with E-state index in [9.17, 15) is 26.4 Å². The van der Waals surface area contributed by atoms with E-state index in [1.807, 2.05) is 0 Å². The van der Waals surface area contributed by atoms with Crippen LogP contribution in [0, 0.1) is 0 Å². The van der Waals surface area contributed by atoms with Gasteiger partial charge in [-0.25, -0.2) is 16.8 Å². The molecule has 0 aromatic heterocycles. The van der Waals surface area contributed by atoms with Gasteiger partial charge in [-0.3, -0.25) is 9.59 Å². The molecule has 1 N–H and O–H groups in total. The summed E-state index contributed by atoms with van der Waals surface area (Å²) in [6, 6.07) is 5.90. The summed E-state index contributed by atoms with van der Waals surface area (Å²) in [7, 11) is -7.09. The van der Waals surface area contributed by atoms with E-state index in [2.05, 4.69) is 4.72 Å². The Balaban J connectivity index is 1.99. The Morgan fingerprint density at radius 1 is 1.24 bits per heavy atom. The molecule has 1 aliphatic heterocycles. The molecule has 162 valence electrons. The molecular weight excluding hydrogens is 420 g/mol. The van der Waals surface area contributed by atoms with Gasteiger partial charge >= 0.3 is 5.97 Å². The van der Waals surface area contributed by atoms with Crippen LogP contribution in [0.3, 0.4) is 0 Å². The molecule has 0 spiro atoms. The normalized spacial score (nSPS) is 20.6. The van der Waals surface area contributed by atoms with Crippen molar-refractivity contribution in [2.24, 2.45) is 0 Å². The molecule has 9 nitrogen and oxygen atoms in total. The molecule has 1 heterocycles. The van der Waals surface area contributed by atoms with Gasteiger partial charge in [-0.05, 0) is 39.3 Å². The average molecular weight is 447 g/mol. The largest absolute Gasteiger partial charge is 0.451 e. The number of sulfone groups is 1. The number of carbonyl (C=O) groups is 2. The summed E-state index contributed by atoms with van der Waals surface area (Å²) >= 11 is 0. The number of nitrogens with zero attached hydrogens (tertiary/aromatic N) is 1. The third kappa shape index (κ3) is 6.00. The number of sulfonamides is 1. The predicted octanol–water partition coefficient (Wildman–Crippen LogP) is 0.321. The van der Waals surface area contributed by atoms with Gasteiger partial charge in [0.25, 0.3) is 5.91 Å². The minimum Gasteiger partial charge on any atom is -0.451 e. The molecule has 1 aliphatic rings. The van der Waals surface area contributed by atoms with Crippen LogP contribution in [0.25, 0.3) is 0 Å². The van der Waals surface area contributed by atoms with Crippen LogP contribution in [0.15, 0.2) is 35.2 Å². The van der Waals surface area contributed by atoms with Crippen molar-refractivity contribution in [2.45, 2.75) is 50.3 Å². The topological polar surface area (TPSA) is 127 Å². The standard InChI is InChI=1S/C18H26N2O7S2/c1-4-20(15-10-11-28(23,24)12-15)17(21)14(3)27-18(22)13(2)19-29(25,26)16-8-6-5-7-9-16/h5-9,13-15,19H,4,10-12H2,1-3H3/t13-,14?,15?/m0/s1. The number of hydrogen-bond donors (Lipinski definition) is 1. The van der Waals surface area contributed by atoms with E-state index in [1.165, 1.54) is 30.9 Å². The molecule has 2 rings (SSSR count). The molecular formula is C18H26N2O7S2. The highest BCUT2D eigenvalue weighted by molar-refractivity contribution is 7.91. The first-order valence-corrected chi connectivity index (χ1v) is 12.6. The smallest absolute Gasteiger partial charge is 0.324 e. The van der Waals surface area contributed by atoms with Crippen LogP contribution in [-0.4, -0.2) is 69.9 Å². The summed E-state index contributed by atoms with van der Waals surface area (Å²) in [5.41, 5.74) is 0. The fourth-order valence-electron chi connectivity index (χ4n) is 3.12. The molecule has 3 atom stereocenters. The molecule has 0 bridgehead atoms. The third-order valence-electron chi connectivity index (χ3n) is 4.65. The lowest BCUT2D eigenvalue weighted by molar-refractivity contribution is -0.160. The molecule has 1 aromatic carbocycles. The fourth-order valence-corrected chi connectivity index (χ4v) is 6.07. The van der Waals surface area contributed by atoms with Crippen molar-refractivity contribution in [1.29, 1.82) is 0 Å². The number of likely N-dealkylation sites (N-methyl/N-ethyl adjacent to an activating group) is 1. The van der Waals surface area contributed by atoms with Gasteiger partial charge in [0.2, 0.25) is 10.0 Å². The number of esters is 1. The van der Waals surface area contributed by atoms with Crippen LogP contribution < -0.4 is 4.72 Å². The highest BCUT2D eigenvalue weighted by atomic mass is 32.2. The quantitative estimate of drug-likeness (QED) is 0.570. The van der Waals surface area contributed by atoms with Crippen LogP contribution in [-0.2, 0) is 34.2 Å². The van der Waals surface area contributed by atoms with Gasteiger partial charge in [0, 0.05) is 12.6 Å². The molecule has 1 amide bonds. The second-order valence-corrected chi connectivity index (χ2v) is 10.9. The predicted molar refractivity (Wildman–Crippen MR) is 106 cm³/mol. The van der Waals surface area contributed by atoms with Crippen molar-refractivity contribution >= 4 is 31.7 Å². The number of nitrogens with one attached hydrogen (secondary N) is 1. The van der Waals surface area contributed by atoms with Gasteiger partial charge in [-0.15, -0.1) is 0 Å². The highest BCUT2D eigenvalue weighted by Gasteiger charge is 2.36. The SMILES string of the molecule is CCN(C(=O)C(C)OC(=O)[C@H](C)NS(=O)(=O)c1ccccc1)C1CCS(=O)(=O)C1. The van der Waals surface area contributed by atoms with Crippen molar-refractivity contribution < 1.29 is 31.2 Å². The lowest BCUT2D eigenvalue weighted by Gasteiger charge is -2.29. The number of carbonyl (C=O) groups excluding carboxylic acids is 2. The lowest BCUT2D eigenvalue weighted by Crippen LogP contribution is -2.48. The first-order chi connectivity index (χ1) is 13.5. The van der Waals surface area contributed by atoms with Crippen LogP contribution >= 0.6 is 0 Å². The summed E-state index contributed by atoms with van der Waals surface area (Å²) < 4.78 is 55.3. The molecule has 1 saturated heterocycles. The lowest BCUT2D eigenvalue weighted by atomic mass is 10.2. The van der Waals surface area contributed by atoms with Gasteiger partial charge in [-0.2, -0.15) is 4.72 Å². The zero-order valence-electron chi connectivity index (χ0n) is 16.6. The van der Waals surface area contributed by atoms with E-state index in [0.29, 0.717) is 6.42 Å². The van der Waals surface area contributed by atoms with Gasteiger partial charge in [0.05, 0.1) is 16.4 Å². The summed E-state index contributed by atoms with van der Waals surface area (Å²) in [6.07, 6.45) is -0.829. The fraction of sp³-hybridized carbons (Fsp3) is 0.556. The van der Waals surface area contributed by atoms with E-state index < -0.39 is 49.9 Å². The molecule has 1 aromatic rings. The van der Waals surface area contributed by atoms with Gasteiger partial charge < -0.3 is 9.64 Å². The number of benzene rings is 1.